The van der Waals surface area contributed by atoms with E-state index in [0.717, 1.165) is 16.7 Å². The lowest BCUT2D eigenvalue weighted by atomic mass is 9.87. The predicted octanol–water partition coefficient (Wildman–Crippen LogP) is 3.86. The van der Waals surface area contributed by atoms with Gasteiger partial charge >= 0.3 is 6.09 Å². The number of carbonyl (C=O) groups excluding carboxylic acids is 1. The Kier molecular flexibility index (Phi) is 4.45. The molecule has 26 heavy (non-hydrogen) atoms. The summed E-state index contributed by atoms with van der Waals surface area (Å²) >= 11 is 0. The Morgan fingerprint density at radius 1 is 1.08 bits per heavy atom. The number of nitrogens with zero attached hydrogens (tertiary/aromatic N) is 1. The van der Waals surface area contributed by atoms with Crippen LogP contribution in [0.1, 0.15) is 29.5 Å². The molecule has 1 aliphatic carbocycles. The van der Waals surface area contributed by atoms with Crippen LogP contribution in [0.5, 0.6) is 0 Å². The monoisotopic (exact) mass is 351 g/mol. The summed E-state index contributed by atoms with van der Waals surface area (Å²) in [5.74, 6) is 0.674. The van der Waals surface area contributed by atoms with Gasteiger partial charge in [0.15, 0.2) is 0 Å². The van der Waals surface area contributed by atoms with E-state index in [-0.39, 0.29) is 6.09 Å². The van der Waals surface area contributed by atoms with Gasteiger partial charge in [0, 0.05) is 13.1 Å². The average molecular weight is 351 g/mol. The number of carbonyl (C=O) groups is 1. The zero-order valence-corrected chi connectivity index (χ0v) is 15.1. The van der Waals surface area contributed by atoms with Crippen LogP contribution < -0.4 is 0 Å². The highest BCUT2D eigenvalue weighted by Crippen LogP contribution is 2.49. The zero-order chi connectivity index (χ0) is 18.1. The number of aliphatic hydroxyl groups is 1. The molecule has 4 heteroatoms. The third kappa shape index (κ3) is 3.21. The molecule has 136 valence electrons. The molecule has 0 radical (unpaired) electrons. The fraction of sp³-hybridized carbons (Fsp3) is 0.409. The standard InChI is InChI=1S/C22H25NO3/c1-16-7-5-6-10-20(16)22(25)11-18-13-23(14-19(18)12-22)21(24)26-15-17-8-3-2-4-9-17/h2-10,18-19,25H,11-15H2,1H3/t18-,19+,22?. The Bertz CT molecular complexity index is 775. The molecule has 2 aliphatic rings. The van der Waals surface area contributed by atoms with E-state index < -0.39 is 5.60 Å². The van der Waals surface area contributed by atoms with Gasteiger partial charge in [-0.1, -0.05) is 54.6 Å². The van der Waals surface area contributed by atoms with Crippen molar-refractivity contribution >= 4 is 6.09 Å². The maximum atomic E-state index is 12.4. The van der Waals surface area contributed by atoms with Crippen LogP contribution in [0, 0.1) is 18.8 Å². The Labute approximate surface area is 154 Å². The van der Waals surface area contributed by atoms with Crippen molar-refractivity contribution in [2.75, 3.05) is 13.1 Å². The van der Waals surface area contributed by atoms with Gasteiger partial charge in [-0.3, -0.25) is 0 Å². The van der Waals surface area contributed by atoms with Crippen LogP contribution in [-0.2, 0) is 16.9 Å². The number of rotatable bonds is 3. The molecule has 4 nitrogen and oxygen atoms in total. The van der Waals surface area contributed by atoms with Crippen LogP contribution in [0.4, 0.5) is 4.79 Å². The van der Waals surface area contributed by atoms with Crippen molar-refractivity contribution in [3.8, 4) is 0 Å². The van der Waals surface area contributed by atoms with Crippen molar-refractivity contribution in [2.24, 2.45) is 11.8 Å². The van der Waals surface area contributed by atoms with E-state index in [1.165, 1.54) is 0 Å². The third-order valence-corrected chi connectivity index (χ3v) is 5.89. The number of aryl methyl sites for hydroxylation is 1. The summed E-state index contributed by atoms with van der Waals surface area (Å²) in [5.41, 5.74) is 2.40. The van der Waals surface area contributed by atoms with E-state index in [4.69, 9.17) is 4.74 Å². The maximum Gasteiger partial charge on any atom is 0.410 e. The largest absolute Gasteiger partial charge is 0.445 e. The normalized spacial score (nSPS) is 27.4. The average Bonchev–Trinajstić information content (AvgIpc) is 3.16. The van der Waals surface area contributed by atoms with Crippen molar-refractivity contribution in [3.63, 3.8) is 0 Å². The Morgan fingerprint density at radius 2 is 1.69 bits per heavy atom. The first kappa shape index (κ1) is 17.1. The maximum absolute atomic E-state index is 12.4. The predicted molar refractivity (Wildman–Crippen MR) is 99.5 cm³/mol. The molecule has 1 heterocycles. The molecule has 1 saturated heterocycles. The van der Waals surface area contributed by atoms with E-state index >= 15 is 0 Å². The van der Waals surface area contributed by atoms with E-state index in [9.17, 15) is 9.90 Å². The van der Waals surface area contributed by atoms with Gasteiger partial charge in [0.25, 0.3) is 0 Å². The first-order valence-electron chi connectivity index (χ1n) is 9.29. The van der Waals surface area contributed by atoms with Crippen molar-refractivity contribution in [1.82, 2.24) is 4.90 Å². The summed E-state index contributed by atoms with van der Waals surface area (Å²) in [6.45, 7) is 3.70. The summed E-state index contributed by atoms with van der Waals surface area (Å²) in [5, 5.41) is 11.2. The molecule has 4 rings (SSSR count). The van der Waals surface area contributed by atoms with Gasteiger partial charge < -0.3 is 14.7 Å². The minimum absolute atomic E-state index is 0.248. The van der Waals surface area contributed by atoms with Crippen molar-refractivity contribution < 1.29 is 14.6 Å². The molecule has 0 spiro atoms. The van der Waals surface area contributed by atoms with Gasteiger partial charge in [0.1, 0.15) is 6.61 Å². The highest BCUT2D eigenvalue weighted by Gasteiger charge is 2.50. The van der Waals surface area contributed by atoms with Crippen LogP contribution in [-0.4, -0.2) is 29.2 Å². The van der Waals surface area contributed by atoms with Gasteiger partial charge in [-0.05, 0) is 48.3 Å². The van der Waals surface area contributed by atoms with Gasteiger partial charge in [0.2, 0.25) is 0 Å². The summed E-state index contributed by atoms with van der Waals surface area (Å²) < 4.78 is 5.46. The minimum atomic E-state index is -0.763. The molecule has 2 aromatic rings. The second-order valence-corrected chi connectivity index (χ2v) is 7.72. The number of amides is 1. The summed E-state index contributed by atoms with van der Waals surface area (Å²) in [6.07, 6.45) is 1.18. The topological polar surface area (TPSA) is 49.8 Å². The molecule has 1 saturated carbocycles. The number of benzene rings is 2. The molecule has 3 atom stereocenters. The van der Waals surface area contributed by atoms with E-state index in [1.807, 2.05) is 48.5 Å². The number of ether oxygens (including phenoxy) is 1. The third-order valence-electron chi connectivity index (χ3n) is 5.89. The summed E-state index contributed by atoms with van der Waals surface area (Å²) in [7, 11) is 0. The fourth-order valence-electron chi connectivity index (χ4n) is 4.63. The summed E-state index contributed by atoms with van der Waals surface area (Å²) in [6, 6.07) is 17.8. The Balaban J connectivity index is 1.36. The van der Waals surface area contributed by atoms with Crippen LogP contribution in [0.25, 0.3) is 0 Å². The lowest BCUT2D eigenvalue weighted by molar-refractivity contribution is 0.0292. The van der Waals surface area contributed by atoms with Gasteiger partial charge in [-0.25, -0.2) is 4.79 Å². The number of hydrogen-bond acceptors (Lipinski definition) is 3. The Hall–Kier alpha value is -2.33. The smallest absolute Gasteiger partial charge is 0.410 e. The Morgan fingerprint density at radius 3 is 2.35 bits per heavy atom. The second-order valence-electron chi connectivity index (χ2n) is 7.72. The van der Waals surface area contributed by atoms with Crippen LogP contribution in [0.2, 0.25) is 0 Å². The first-order valence-corrected chi connectivity index (χ1v) is 9.29. The van der Waals surface area contributed by atoms with Crippen molar-refractivity contribution in [3.05, 3.63) is 71.3 Å². The fourth-order valence-corrected chi connectivity index (χ4v) is 4.63. The van der Waals surface area contributed by atoms with Crippen LogP contribution in [0.15, 0.2) is 54.6 Å². The first-order chi connectivity index (χ1) is 12.5. The van der Waals surface area contributed by atoms with Crippen LogP contribution >= 0.6 is 0 Å². The number of likely N-dealkylation sites (tertiary alicyclic amines) is 1. The molecule has 2 fully saturated rings. The second kappa shape index (κ2) is 6.76. The van der Waals surface area contributed by atoms with Crippen molar-refractivity contribution in [2.45, 2.75) is 32.0 Å². The van der Waals surface area contributed by atoms with E-state index in [0.29, 0.717) is 44.4 Å². The molecule has 0 bridgehead atoms. The van der Waals surface area contributed by atoms with Crippen molar-refractivity contribution in [1.29, 1.82) is 0 Å². The molecule has 0 aromatic heterocycles. The highest BCUT2D eigenvalue weighted by molar-refractivity contribution is 5.68. The zero-order valence-electron chi connectivity index (χ0n) is 15.1. The van der Waals surface area contributed by atoms with Gasteiger partial charge in [-0.2, -0.15) is 0 Å². The molecule has 1 N–H and O–H groups in total. The molecular weight excluding hydrogens is 326 g/mol. The number of hydrogen-bond donors (Lipinski definition) is 1. The van der Waals surface area contributed by atoms with Gasteiger partial charge in [0.05, 0.1) is 5.60 Å². The highest BCUT2D eigenvalue weighted by atomic mass is 16.6. The van der Waals surface area contributed by atoms with Crippen LogP contribution in [0.3, 0.4) is 0 Å². The molecule has 1 aliphatic heterocycles. The summed E-state index contributed by atoms with van der Waals surface area (Å²) in [4.78, 5) is 14.2. The molecule has 2 aromatic carbocycles. The van der Waals surface area contributed by atoms with E-state index in [2.05, 4.69) is 13.0 Å². The number of fused-ring (bicyclic) bond motifs is 1. The molecule has 1 unspecified atom stereocenters. The quantitative estimate of drug-likeness (QED) is 0.913. The lowest BCUT2D eigenvalue weighted by Gasteiger charge is -2.27. The van der Waals surface area contributed by atoms with Gasteiger partial charge in [-0.15, -0.1) is 0 Å². The molecule has 1 amide bonds. The lowest BCUT2D eigenvalue weighted by Crippen LogP contribution is -2.33. The molecular formula is C22H25NO3. The van der Waals surface area contributed by atoms with E-state index in [1.54, 1.807) is 4.90 Å². The SMILES string of the molecule is Cc1ccccc1C1(O)C[C@H]2CN(C(=O)OCc3ccccc3)C[C@H]2C1. The minimum Gasteiger partial charge on any atom is -0.445 e.